The van der Waals surface area contributed by atoms with Crippen LogP contribution in [0.2, 0.25) is 0 Å². The molecule has 24 heavy (non-hydrogen) atoms. The van der Waals surface area contributed by atoms with Gasteiger partial charge >= 0.3 is 0 Å². The van der Waals surface area contributed by atoms with E-state index >= 15 is 0 Å². The fourth-order valence-electron chi connectivity index (χ4n) is 2.88. The van der Waals surface area contributed by atoms with Gasteiger partial charge in [-0.2, -0.15) is 0 Å². The molecule has 2 N–H and O–H groups in total. The maximum absolute atomic E-state index is 13.9. The molecular weight excluding hydrogens is 360 g/mol. The van der Waals surface area contributed by atoms with Crippen LogP contribution in [0.3, 0.4) is 0 Å². The molecule has 0 spiro atoms. The molecule has 2 rings (SSSR count). The Kier molecular flexibility index (Phi) is 9.50. The summed E-state index contributed by atoms with van der Waals surface area (Å²) in [4.78, 5) is 12.5. The van der Waals surface area contributed by atoms with Gasteiger partial charge < -0.3 is 10.4 Å². The van der Waals surface area contributed by atoms with Crippen LogP contribution in [0.15, 0.2) is 12.1 Å². The zero-order valence-corrected chi connectivity index (χ0v) is 15.3. The van der Waals surface area contributed by atoms with Crippen LogP contribution in [0.5, 0.6) is 5.75 Å². The molecule has 0 saturated carbocycles. The van der Waals surface area contributed by atoms with E-state index in [-0.39, 0.29) is 36.5 Å². The van der Waals surface area contributed by atoms with Gasteiger partial charge in [0.25, 0.3) is 5.69 Å². The van der Waals surface area contributed by atoms with Gasteiger partial charge in [0.05, 0.1) is 11.0 Å². The molecule has 0 unspecified atom stereocenters. The number of non-ortho nitro benzene ring substituents is 1. The Balaban J connectivity index is 0.00000264. The van der Waals surface area contributed by atoms with E-state index in [4.69, 9.17) is 0 Å². The van der Waals surface area contributed by atoms with Gasteiger partial charge in [-0.1, -0.05) is 13.8 Å². The fraction of sp³-hybridized carbons (Fsp3) is 0.600. The van der Waals surface area contributed by atoms with E-state index in [1.54, 1.807) is 0 Å². The fourth-order valence-corrected chi connectivity index (χ4v) is 2.88. The third kappa shape index (κ3) is 5.44. The largest absolute Gasteiger partial charge is 0.505 e. The van der Waals surface area contributed by atoms with Crippen molar-refractivity contribution in [2.45, 2.75) is 26.3 Å². The number of nitrogens with zero attached hydrogens (tertiary/aromatic N) is 2. The van der Waals surface area contributed by atoms with Crippen molar-refractivity contribution >= 4 is 30.5 Å². The van der Waals surface area contributed by atoms with Gasteiger partial charge in [-0.3, -0.25) is 15.0 Å². The maximum Gasteiger partial charge on any atom is 0.272 e. The number of benzene rings is 1. The highest BCUT2D eigenvalue weighted by Crippen LogP contribution is 2.37. The Bertz CT molecular complexity index is 555. The molecule has 0 radical (unpaired) electrons. The molecule has 1 heterocycles. The summed E-state index contributed by atoms with van der Waals surface area (Å²) >= 11 is 0. The minimum atomic E-state index is -0.937. The Hall–Kier alpha value is -1.15. The van der Waals surface area contributed by atoms with E-state index in [0.29, 0.717) is 17.9 Å². The lowest BCUT2D eigenvalue weighted by Crippen LogP contribution is -2.45. The predicted octanol–water partition coefficient (Wildman–Crippen LogP) is 3.28. The van der Waals surface area contributed by atoms with E-state index in [1.807, 2.05) is 13.8 Å². The molecule has 0 bridgehead atoms. The summed E-state index contributed by atoms with van der Waals surface area (Å²) in [6.45, 7) is 7.24. The molecule has 0 aliphatic carbocycles. The van der Waals surface area contributed by atoms with Gasteiger partial charge in [0.15, 0.2) is 11.6 Å². The van der Waals surface area contributed by atoms with E-state index < -0.39 is 16.5 Å². The average molecular weight is 384 g/mol. The number of aromatic hydroxyl groups is 1. The number of phenolic OH excluding ortho intramolecular Hbond substituents is 1. The van der Waals surface area contributed by atoms with Gasteiger partial charge in [0.2, 0.25) is 0 Å². The Labute approximate surface area is 153 Å². The van der Waals surface area contributed by atoms with Gasteiger partial charge in [-0.05, 0) is 12.3 Å². The first-order valence-corrected chi connectivity index (χ1v) is 7.51. The standard InChI is InChI=1S/C15H22FN3O3.2ClH/c1-10(2)7-14(18-5-3-17-4-6-18)12-8-11(19(21)22)9-13(16)15(12)20;;/h8-10,14,17,20H,3-7H2,1-2H3;2*1H/t14-;;/m0../s1. The number of nitro benzene ring substituents is 1. The Morgan fingerprint density at radius 3 is 2.42 bits per heavy atom. The third-order valence-electron chi connectivity index (χ3n) is 3.93. The SMILES string of the molecule is CC(C)C[C@@H](c1cc([N+](=O)[O-])cc(F)c1O)N1CCNCC1.Cl.Cl. The molecule has 6 nitrogen and oxygen atoms in total. The highest BCUT2D eigenvalue weighted by atomic mass is 35.5. The van der Waals surface area contributed by atoms with Crippen LogP contribution in [0.4, 0.5) is 10.1 Å². The number of hydrogen-bond acceptors (Lipinski definition) is 5. The van der Waals surface area contributed by atoms with Crippen molar-refractivity contribution in [3.05, 3.63) is 33.6 Å². The first-order chi connectivity index (χ1) is 10.4. The molecule has 1 aromatic rings. The van der Waals surface area contributed by atoms with Crippen LogP contribution in [-0.4, -0.2) is 41.1 Å². The van der Waals surface area contributed by atoms with E-state index in [2.05, 4.69) is 10.2 Å². The lowest BCUT2D eigenvalue weighted by atomic mass is 9.93. The van der Waals surface area contributed by atoms with Crippen molar-refractivity contribution in [1.29, 1.82) is 0 Å². The number of piperazine rings is 1. The van der Waals surface area contributed by atoms with Crippen LogP contribution < -0.4 is 5.32 Å². The lowest BCUT2D eigenvalue weighted by Gasteiger charge is -2.36. The molecule has 1 fully saturated rings. The smallest absolute Gasteiger partial charge is 0.272 e. The third-order valence-corrected chi connectivity index (χ3v) is 3.93. The minimum Gasteiger partial charge on any atom is -0.505 e. The molecule has 0 aromatic heterocycles. The summed E-state index contributed by atoms with van der Waals surface area (Å²) < 4.78 is 13.9. The van der Waals surface area contributed by atoms with Crippen LogP contribution in [0, 0.1) is 21.8 Å². The normalized spacial score (nSPS) is 16.2. The van der Waals surface area contributed by atoms with Crippen molar-refractivity contribution in [3.8, 4) is 5.75 Å². The summed E-state index contributed by atoms with van der Waals surface area (Å²) in [7, 11) is 0. The predicted molar refractivity (Wildman–Crippen MR) is 95.9 cm³/mol. The van der Waals surface area contributed by atoms with Gasteiger partial charge in [0, 0.05) is 43.9 Å². The highest BCUT2D eigenvalue weighted by molar-refractivity contribution is 5.85. The summed E-state index contributed by atoms with van der Waals surface area (Å²) in [5.74, 6) is -1.09. The van der Waals surface area contributed by atoms with Gasteiger partial charge in [-0.25, -0.2) is 4.39 Å². The number of halogens is 3. The summed E-state index contributed by atoms with van der Waals surface area (Å²) in [6, 6.07) is 1.84. The molecular formula is C15H24Cl2FN3O3. The molecule has 138 valence electrons. The van der Waals surface area contributed by atoms with E-state index in [1.165, 1.54) is 6.07 Å². The van der Waals surface area contributed by atoms with Crippen LogP contribution in [0.1, 0.15) is 31.9 Å². The second kappa shape index (κ2) is 9.98. The maximum atomic E-state index is 13.9. The first kappa shape index (κ1) is 22.9. The number of nitrogens with one attached hydrogen (secondary N) is 1. The number of nitro groups is 1. The molecule has 9 heteroatoms. The van der Waals surface area contributed by atoms with E-state index in [0.717, 1.165) is 32.2 Å². The number of hydrogen-bond donors (Lipinski definition) is 2. The molecule has 1 aliphatic rings. The summed E-state index contributed by atoms with van der Waals surface area (Å²) in [5.41, 5.74) is -0.0171. The van der Waals surface area contributed by atoms with Crippen LogP contribution >= 0.6 is 24.8 Å². The summed E-state index contributed by atoms with van der Waals surface area (Å²) in [6.07, 6.45) is 0.703. The van der Waals surface area contributed by atoms with Crippen molar-refractivity contribution in [1.82, 2.24) is 10.2 Å². The second-order valence-corrected chi connectivity index (χ2v) is 6.05. The molecule has 0 amide bonds. The Morgan fingerprint density at radius 1 is 1.33 bits per heavy atom. The highest BCUT2D eigenvalue weighted by Gasteiger charge is 2.28. The zero-order valence-electron chi connectivity index (χ0n) is 13.7. The topological polar surface area (TPSA) is 78.6 Å². The molecule has 1 aliphatic heterocycles. The average Bonchev–Trinajstić information content (AvgIpc) is 2.48. The first-order valence-electron chi connectivity index (χ1n) is 7.51. The number of phenols is 1. The monoisotopic (exact) mass is 383 g/mol. The van der Waals surface area contributed by atoms with Crippen molar-refractivity contribution in [3.63, 3.8) is 0 Å². The van der Waals surface area contributed by atoms with Crippen molar-refractivity contribution in [2.75, 3.05) is 26.2 Å². The van der Waals surface area contributed by atoms with Gasteiger partial charge in [0.1, 0.15) is 0 Å². The van der Waals surface area contributed by atoms with Gasteiger partial charge in [-0.15, -0.1) is 24.8 Å². The van der Waals surface area contributed by atoms with Crippen molar-refractivity contribution < 1.29 is 14.4 Å². The number of rotatable bonds is 5. The van der Waals surface area contributed by atoms with Crippen LogP contribution in [0.25, 0.3) is 0 Å². The van der Waals surface area contributed by atoms with Crippen molar-refractivity contribution in [2.24, 2.45) is 5.92 Å². The Morgan fingerprint density at radius 2 is 1.92 bits per heavy atom. The quantitative estimate of drug-likeness (QED) is 0.602. The minimum absolute atomic E-state index is 0. The lowest BCUT2D eigenvalue weighted by molar-refractivity contribution is -0.385. The second-order valence-electron chi connectivity index (χ2n) is 6.05. The molecule has 1 saturated heterocycles. The van der Waals surface area contributed by atoms with Crippen LogP contribution in [-0.2, 0) is 0 Å². The van der Waals surface area contributed by atoms with E-state index in [9.17, 15) is 19.6 Å². The zero-order chi connectivity index (χ0) is 16.3. The summed E-state index contributed by atoms with van der Waals surface area (Å²) in [5, 5.41) is 24.3. The molecule has 1 aromatic carbocycles. The molecule has 1 atom stereocenters.